The molecule has 4 rings (SSSR count). The van der Waals surface area contributed by atoms with Crippen molar-refractivity contribution in [3.8, 4) is 0 Å². The molecule has 180 valence electrons. The first-order valence-electron chi connectivity index (χ1n) is 10.9. The number of piperazine rings is 1. The Kier molecular flexibility index (Phi) is 6.19. The number of imide groups is 1. The molecule has 1 aliphatic carbocycles. The Bertz CT molecular complexity index is 967. The summed E-state index contributed by atoms with van der Waals surface area (Å²) in [4.78, 5) is 46.5. The van der Waals surface area contributed by atoms with Gasteiger partial charge in [-0.3, -0.25) is 14.5 Å². The molecule has 4 amide bonds. The third-order valence-electron chi connectivity index (χ3n) is 6.88. The van der Waals surface area contributed by atoms with Crippen LogP contribution in [0.1, 0.15) is 38.2 Å². The Balaban J connectivity index is 1.36. The molecular weight excluding hydrogens is 463 g/mol. The number of carbonyl (C=O) groups excluding carboxylic acids is 3. The van der Waals surface area contributed by atoms with E-state index in [2.05, 4.69) is 10.3 Å². The quantitative estimate of drug-likeness (QED) is 0.663. The lowest BCUT2D eigenvalue weighted by Gasteiger charge is -2.37. The van der Waals surface area contributed by atoms with Crippen molar-refractivity contribution in [2.75, 3.05) is 37.6 Å². The van der Waals surface area contributed by atoms with Crippen molar-refractivity contribution in [3.63, 3.8) is 0 Å². The van der Waals surface area contributed by atoms with Crippen LogP contribution in [0.25, 0.3) is 0 Å². The van der Waals surface area contributed by atoms with Crippen LogP contribution in [0.15, 0.2) is 12.3 Å². The van der Waals surface area contributed by atoms with Crippen molar-refractivity contribution < 1.29 is 27.6 Å². The van der Waals surface area contributed by atoms with Crippen LogP contribution in [0.5, 0.6) is 0 Å². The fourth-order valence-electron chi connectivity index (χ4n) is 4.86. The van der Waals surface area contributed by atoms with E-state index < -0.39 is 23.3 Å². The number of nitrogens with zero attached hydrogens (tertiary/aromatic N) is 4. The minimum atomic E-state index is -4.53. The van der Waals surface area contributed by atoms with E-state index in [0.717, 1.165) is 36.4 Å². The zero-order valence-electron chi connectivity index (χ0n) is 18.1. The average Bonchev–Trinajstić information content (AvgIpc) is 3.00. The number of carbonyl (C=O) groups is 3. The zero-order chi connectivity index (χ0) is 24.0. The fourth-order valence-corrected chi connectivity index (χ4v) is 5.15. The predicted octanol–water partition coefficient (Wildman–Crippen LogP) is 2.90. The number of aromatic nitrogens is 1. The molecule has 0 unspecified atom stereocenters. The Morgan fingerprint density at radius 2 is 1.94 bits per heavy atom. The smallest absolute Gasteiger partial charge is 0.352 e. The molecule has 0 bridgehead atoms. The van der Waals surface area contributed by atoms with Crippen molar-refractivity contribution >= 4 is 35.3 Å². The monoisotopic (exact) mass is 487 g/mol. The number of alkyl halides is 3. The molecular formula is C21H25ClF3N5O3. The Labute approximate surface area is 194 Å². The minimum Gasteiger partial charge on any atom is -0.352 e. The second-order valence-corrected chi connectivity index (χ2v) is 9.24. The number of nitrogens with one attached hydrogen (secondary N) is 1. The zero-order valence-corrected chi connectivity index (χ0v) is 18.9. The topological polar surface area (TPSA) is 85.8 Å². The number of halogens is 4. The Hall–Kier alpha value is -2.56. The van der Waals surface area contributed by atoms with Crippen LogP contribution in [0, 0.1) is 5.92 Å². The van der Waals surface area contributed by atoms with Gasteiger partial charge in [-0.15, -0.1) is 0 Å². The highest BCUT2D eigenvalue weighted by atomic mass is 35.5. The number of anilines is 1. The fraction of sp³-hybridized carbons (Fsp3) is 0.619. The number of rotatable bonds is 3. The molecule has 3 heterocycles. The van der Waals surface area contributed by atoms with Gasteiger partial charge in [-0.2, -0.15) is 13.2 Å². The predicted molar refractivity (Wildman–Crippen MR) is 114 cm³/mol. The van der Waals surface area contributed by atoms with Crippen molar-refractivity contribution in [3.05, 3.63) is 22.8 Å². The summed E-state index contributed by atoms with van der Waals surface area (Å²) < 4.78 is 38.5. The molecule has 0 radical (unpaired) electrons. The van der Waals surface area contributed by atoms with Gasteiger partial charge in [-0.1, -0.05) is 31.4 Å². The van der Waals surface area contributed by atoms with Gasteiger partial charge in [0.2, 0.25) is 5.91 Å². The van der Waals surface area contributed by atoms with Crippen LogP contribution in [-0.2, 0) is 15.8 Å². The molecule has 1 spiro atoms. The average molecular weight is 488 g/mol. The first-order chi connectivity index (χ1) is 15.5. The molecule has 2 aliphatic heterocycles. The lowest BCUT2D eigenvalue weighted by Crippen LogP contribution is -2.55. The molecule has 1 saturated carbocycles. The van der Waals surface area contributed by atoms with E-state index in [4.69, 9.17) is 11.6 Å². The maximum Gasteiger partial charge on any atom is 0.417 e. The molecule has 8 nitrogen and oxygen atoms in total. The van der Waals surface area contributed by atoms with Gasteiger partial charge in [0.15, 0.2) is 0 Å². The first-order valence-corrected chi connectivity index (χ1v) is 11.3. The maximum atomic E-state index is 13.1. The van der Waals surface area contributed by atoms with Crippen LogP contribution in [0.3, 0.4) is 0 Å². The second-order valence-electron chi connectivity index (χ2n) is 8.83. The van der Waals surface area contributed by atoms with Crippen LogP contribution in [0.2, 0.25) is 5.02 Å². The lowest BCUT2D eigenvalue weighted by atomic mass is 9.73. The Morgan fingerprint density at radius 1 is 1.24 bits per heavy atom. The van der Waals surface area contributed by atoms with Crippen LogP contribution < -0.4 is 10.2 Å². The summed E-state index contributed by atoms with van der Waals surface area (Å²) in [6, 6.07) is 0.294. The van der Waals surface area contributed by atoms with E-state index in [0.29, 0.717) is 19.5 Å². The third-order valence-corrected chi connectivity index (χ3v) is 7.15. The molecule has 33 heavy (non-hydrogen) atoms. The number of pyridine rings is 1. The van der Waals surface area contributed by atoms with Gasteiger partial charge in [-0.25, -0.2) is 9.78 Å². The standard InChI is InChI=1S/C21H25ClF3N5O3/c1-13-4-2-3-5-20(13)18(32)30(19(33)27-20)12-16(31)28-6-8-29(9-7-28)17-15(22)10-14(11-26-17)21(23,24)25/h10-11,13H,2-9,12H2,1H3,(H,27,33)/t13-,20+/m1/s1. The number of hydrogen-bond donors (Lipinski definition) is 1. The summed E-state index contributed by atoms with van der Waals surface area (Å²) in [7, 11) is 0. The molecule has 2 saturated heterocycles. The van der Waals surface area contributed by atoms with Crippen LogP contribution in [-0.4, -0.2) is 70.9 Å². The van der Waals surface area contributed by atoms with E-state index in [1.54, 1.807) is 4.90 Å². The van der Waals surface area contributed by atoms with E-state index >= 15 is 0 Å². The largest absolute Gasteiger partial charge is 0.417 e. The van der Waals surface area contributed by atoms with Crippen molar-refractivity contribution in [2.24, 2.45) is 5.92 Å². The minimum absolute atomic E-state index is 0.00679. The Morgan fingerprint density at radius 3 is 2.55 bits per heavy atom. The highest BCUT2D eigenvalue weighted by Crippen LogP contribution is 2.38. The van der Waals surface area contributed by atoms with Gasteiger partial charge in [-0.05, 0) is 24.8 Å². The molecule has 3 fully saturated rings. The van der Waals surface area contributed by atoms with Gasteiger partial charge >= 0.3 is 12.2 Å². The molecule has 1 aromatic rings. The van der Waals surface area contributed by atoms with E-state index in [9.17, 15) is 27.6 Å². The summed E-state index contributed by atoms with van der Waals surface area (Å²) in [6.07, 6.45) is -0.529. The van der Waals surface area contributed by atoms with Gasteiger partial charge < -0.3 is 15.1 Å². The SMILES string of the molecule is C[C@@H]1CCCC[C@]12NC(=O)N(CC(=O)N1CCN(c3ncc(C(F)(F)F)cc3Cl)CC1)C2=O. The summed E-state index contributed by atoms with van der Waals surface area (Å²) in [5.74, 6) is -0.469. The van der Waals surface area contributed by atoms with Gasteiger partial charge in [0.25, 0.3) is 5.91 Å². The number of amides is 4. The first kappa shape index (κ1) is 23.6. The number of hydrogen-bond acceptors (Lipinski definition) is 5. The van der Waals surface area contributed by atoms with Crippen molar-refractivity contribution in [1.29, 1.82) is 0 Å². The summed E-state index contributed by atoms with van der Waals surface area (Å²) in [5.41, 5.74) is -1.84. The van der Waals surface area contributed by atoms with E-state index in [1.165, 1.54) is 4.90 Å². The maximum absolute atomic E-state index is 13.1. The summed E-state index contributed by atoms with van der Waals surface area (Å²) in [6.45, 7) is 2.77. The van der Waals surface area contributed by atoms with E-state index in [-0.39, 0.29) is 48.2 Å². The van der Waals surface area contributed by atoms with Crippen molar-refractivity contribution in [2.45, 2.75) is 44.3 Å². The number of urea groups is 1. The summed E-state index contributed by atoms with van der Waals surface area (Å²) >= 11 is 6.02. The third kappa shape index (κ3) is 4.34. The molecule has 12 heteroatoms. The van der Waals surface area contributed by atoms with Crippen LogP contribution >= 0.6 is 11.6 Å². The van der Waals surface area contributed by atoms with Crippen LogP contribution in [0.4, 0.5) is 23.8 Å². The molecule has 1 aromatic heterocycles. The second kappa shape index (κ2) is 8.66. The molecule has 1 N–H and O–H groups in total. The highest BCUT2D eigenvalue weighted by Gasteiger charge is 2.55. The van der Waals surface area contributed by atoms with E-state index in [1.807, 2.05) is 6.92 Å². The van der Waals surface area contributed by atoms with Gasteiger partial charge in [0.05, 0.1) is 10.6 Å². The molecule has 3 aliphatic rings. The lowest BCUT2D eigenvalue weighted by molar-refractivity contribution is -0.140. The molecule has 2 atom stereocenters. The molecule has 0 aromatic carbocycles. The van der Waals surface area contributed by atoms with Gasteiger partial charge in [0.1, 0.15) is 17.9 Å². The summed E-state index contributed by atoms with van der Waals surface area (Å²) in [5, 5.41) is 2.72. The highest BCUT2D eigenvalue weighted by molar-refractivity contribution is 6.33. The normalized spacial score (nSPS) is 26.2. The van der Waals surface area contributed by atoms with Gasteiger partial charge in [0, 0.05) is 32.4 Å². The van der Waals surface area contributed by atoms with Crippen molar-refractivity contribution in [1.82, 2.24) is 20.1 Å².